The average Bonchev–Trinajstić information content (AvgIpc) is 2.62. The van der Waals surface area contributed by atoms with Crippen LogP contribution < -0.4 is 0 Å². The lowest BCUT2D eigenvalue weighted by Gasteiger charge is -2.51. The third kappa shape index (κ3) is 3.04. The van der Waals surface area contributed by atoms with Gasteiger partial charge < -0.3 is 0 Å². The SMILES string of the molecule is CS[C@]1(c2ccc(C)cc2)SCCS[C@]1(SC)c1ccc(C)cc1. The fourth-order valence-corrected chi connectivity index (χ4v) is 10.4. The first-order chi connectivity index (χ1) is 11.6. The molecule has 1 aliphatic rings. The molecule has 1 fully saturated rings. The van der Waals surface area contributed by atoms with Crippen LogP contribution in [0.3, 0.4) is 0 Å². The van der Waals surface area contributed by atoms with E-state index in [4.69, 9.17) is 0 Å². The monoisotopic (exact) mass is 392 g/mol. The third-order valence-corrected chi connectivity index (χ3v) is 12.0. The highest BCUT2D eigenvalue weighted by molar-refractivity contribution is 8.25. The van der Waals surface area contributed by atoms with E-state index in [1.807, 2.05) is 23.5 Å². The van der Waals surface area contributed by atoms with Gasteiger partial charge in [0, 0.05) is 11.5 Å². The predicted octanol–water partition coefficient (Wildman–Crippen LogP) is 6.52. The molecule has 2 atom stereocenters. The van der Waals surface area contributed by atoms with Gasteiger partial charge in [0.1, 0.15) is 8.16 Å². The Labute approximate surface area is 163 Å². The summed E-state index contributed by atoms with van der Waals surface area (Å²) in [5, 5.41) is 0. The standard InChI is InChI=1S/C20H24S4/c1-15-5-9-17(10-6-15)19(21-3)20(22-4,24-14-13-23-19)18-11-7-16(2)8-12-18/h5-12H,13-14H2,1-4H3/t19-,20-/m1/s1. The Morgan fingerprint density at radius 3 is 1.29 bits per heavy atom. The van der Waals surface area contributed by atoms with E-state index in [0.29, 0.717) is 0 Å². The summed E-state index contributed by atoms with van der Waals surface area (Å²) in [4.78, 5) is 0. The van der Waals surface area contributed by atoms with Crippen molar-refractivity contribution in [1.82, 2.24) is 0 Å². The van der Waals surface area contributed by atoms with Crippen LogP contribution in [0, 0.1) is 13.8 Å². The van der Waals surface area contributed by atoms with Crippen LogP contribution >= 0.6 is 47.0 Å². The minimum absolute atomic E-state index is 0.0261. The van der Waals surface area contributed by atoms with E-state index >= 15 is 0 Å². The van der Waals surface area contributed by atoms with Crippen molar-refractivity contribution in [2.45, 2.75) is 22.0 Å². The van der Waals surface area contributed by atoms with Crippen LogP contribution in [-0.2, 0) is 8.16 Å². The zero-order valence-corrected chi connectivity index (χ0v) is 17.9. The maximum Gasteiger partial charge on any atom is 0.114 e. The molecule has 128 valence electrons. The Morgan fingerprint density at radius 1 is 0.667 bits per heavy atom. The van der Waals surface area contributed by atoms with E-state index in [-0.39, 0.29) is 8.16 Å². The highest BCUT2D eigenvalue weighted by Crippen LogP contribution is 2.69. The van der Waals surface area contributed by atoms with Crippen LogP contribution in [0.5, 0.6) is 0 Å². The van der Waals surface area contributed by atoms with Gasteiger partial charge >= 0.3 is 0 Å². The summed E-state index contributed by atoms with van der Waals surface area (Å²) in [6.07, 6.45) is 4.55. The molecule has 0 radical (unpaired) electrons. The zero-order chi connectivity index (χ0) is 17.2. The summed E-state index contributed by atoms with van der Waals surface area (Å²) in [6.45, 7) is 4.33. The molecular formula is C20H24S4. The fourth-order valence-electron chi connectivity index (χ4n) is 3.28. The van der Waals surface area contributed by atoms with E-state index in [1.165, 1.54) is 33.8 Å². The molecule has 0 unspecified atom stereocenters. The van der Waals surface area contributed by atoms with Crippen LogP contribution in [0.1, 0.15) is 22.3 Å². The van der Waals surface area contributed by atoms with E-state index in [0.717, 1.165) is 0 Å². The van der Waals surface area contributed by atoms with Crippen LogP contribution in [0.4, 0.5) is 0 Å². The first-order valence-corrected chi connectivity index (χ1v) is 12.5. The van der Waals surface area contributed by atoms with Crippen molar-refractivity contribution in [2.24, 2.45) is 0 Å². The number of thioether (sulfide) groups is 4. The molecule has 0 N–H and O–H groups in total. The first-order valence-electron chi connectivity index (χ1n) is 8.10. The van der Waals surface area contributed by atoms with Gasteiger partial charge in [0.25, 0.3) is 0 Å². The first kappa shape index (κ1) is 18.6. The maximum absolute atomic E-state index is 2.34. The molecule has 0 aliphatic carbocycles. The van der Waals surface area contributed by atoms with Crippen LogP contribution in [0.25, 0.3) is 0 Å². The molecule has 0 spiro atoms. The second kappa shape index (κ2) is 7.61. The van der Waals surface area contributed by atoms with Gasteiger partial charge in [0.2, 0.25) is 0 Å². The molecule has 1 heterocycles. The zero-order valence-electron chi connectivity index (χ0n) is 14.7. The molecule has 0 amide bonds. The lowest BCUT2D eigenvalue weighted by molar-refractivity contribution is 0.778. The van der Waals surface area contributed by atoms with Crippen LogP contribution in [-0.4, -0.2) is 24.0 Å². The van der Waals surface area contributed by atoms with Gasteiger partial charge in [-0.25, -0.2) is 0 Å². The van der Waals surface area contributed by atoms with Crippen LogP contribution in [0.2, 0.25) is 0 Å². The third-order valence-electron chi connectivity index (χ3n) is 4.57. The summed E-state index contributed by atoms with van der Waals surface area (Å²) in [7, 11) is 0. The number of rotatable bonds is 4. The van der Waals surface area contributed by atoms with E-state index in [9.17, 15) is 0 Å². The van der Waals surface area contributed by atoms with E-state index < -0.39 is 0 Å². The number of hydrogen-bond acceptors (Lipinski definition) is 4. The molecule has 1 saturated heterocycles. The van der Waals surface area contributed by atoms with Crippen molar-refractivity contribution >= 4 is 47.0 Å². The Balaban J connectivity index is 2.19. The second-order valence-corrected chi connectivity index (χ2v) is 11.2. The Kier molecular flexibility index (Phi) is 5.90. The van der Waals surface area contributed by atoms with Gasteiger partial charge in [0.15, 0.2) is 0 Å². The van der Waals surface area contributed by atoms with Gasteiger partial charge in [0.05, 0.1) is 0 Å². The van der Waals surface area contributed by atoms with Gasteiger partial charge in [-0.2, -0.15) is 0 Å². The Bertz CT molecular complexity index is 618. The molecule has 0 nitrogen and oxygen atoms in total. The molecule has 0 bridgehead atoms. The molecule has 0 aromatic heterocycles. The van der Waals surface area contributed by atoms with Crippen molar-refractivity contribution in [3.8, 4) is 0 Å². The summed E-state index contributed by atoms with van der Waals surface area (Å²) in [6, 6.07) is 18.4. The average molecular weight is 393 g/mol. The summed E-state index contributed by atoms with van der Waals surface area (Å²) in [5.41, 5.74) is 5.53. The minimum Gasteiger partial charge on any atom is -0.140 e. The van der Waals surface area contributed by atoms with Gasteiger partial charge in [-0.15, -0.1) is 47.0 Å². The molecule has 3 rings (SSSR count). The molecule has 1 aliphatic heterocycles. The minimum atomic E-state index is 0.0261. The lowest BCUT2D eigenvalue weighted by atomic mass is 10.00. The summed E-state index contributed by atoms with van der Waals surface area (Å²) < 4.78 is 0.0522. The quantitative estimate of drug-likeness (QED) is 0.581. The number of hydrogen-bond donors (Lipinski definition) is 0. The summed E-state index contributed by atoms with van der Waals surface area (Å²) in [5.74, 6) is 2.40. The maximum atomic E-state index is 2.34. The fraction of sp³-hybridized carbons (Fsp3) is 0.400. The van der Waals surface area contributed by atoms with Gasteiger partial charge in [-0.3, -0.25) is 0 Å². The van der Waals surface area contributed by atoms with E-state index in [1.54, 1.807) is 0 Å². The smallest absolute Gasteiger partial charge is 0.114 e. The molecular weight excluding hydrogens is 368 g/mol. The molecule has 24 heavy (non-hydrogen) atoms. The summed E-state index contributed by atoms with van der Waals surface area (Å²) >= 11 is 8.25. The number of aryl methyl sites for hydroxylation is 2. The van der Waals surface area contributed by atoms with Crippen molar-refractivity contribution in [3.63, 3.8) is 0 Å². The van der Waals surface area contributed by atoms with Crippen molar-refractivity contribution in [1.29, 1.82) is 0 Å². The molecule has 0 saturated carbocycles. The van der Waals surface area contributed by atoms with Crippen molar-refractivity contribution < 1.29 is 0 Å². The van der Waals surface area contributed by atoms with Gasteiger partial charge in [-0.05, 0) is 37.5 Å². The Morgan fingerprint density at radius 2 is 1.00 bits per heavy atom. The van der Waals surface area contributed by atoms with Crippen LogP contribution in [0.15, 0.2) is 48.5 Å². The topological polar surface area (TPSA) is 0 Å². The number of benzene rings is 2. The highest BCUT2D eigenvalue weighted by Gasteiger charge is 2.56. The van der Waals surface area contributed by atoms with Gasteiger partial charge in [-0.1, -0.05) is 59.7 Å². The largest absolute Gasteiger partial charge is 0.140 e. The lowest BCUT2D eigenvalue weighted by Crippen LogP contribution is -2.43. The van der Waals surface area contributed by atoms with E-state index in [2.05, 4.69) is 98.4 Å². The normalized spacial score (nSPS) is 27.2. The molecule has 2 aromatic carbocycles. The molecule has 4 heteroatoms. The van der Waals surface area contributed by atoms with Crippen molar-refractivity contribution in [2.75, 3.05) is 24.0 Å². The second-order valence-electron chi connectivity index (χ2n) is 6.07. The van der Waals surface area contributed by atoms with Crippen molar-refractivity contribution in [3.05, 3.63) is 70.8 Å². The predicted molar refractivity (Wildman–Crippen MR) is 118 cm³/mol. The highest BCUT2D eigenvalue weighted by atomic mass is 32.2. The Hall–Kier alpha value is -0.160. The molecule has 2 aromatic rings.